The molecule has 5 heterocycles. The van der Waals surface area contributed by atoms with Gasteiger partial charge in [-0.15, -0.1) is 16.8 Å². The highest BCUT2D eigenvalue weighted by atomic mass is 35.7. The van der Waals surface area contributed by atoms with Gasteiger partial charge >= 0.3 is 0 Å². The van der Waals surface area contributed by atoms with E-state index in [4.69, 9.17) is 64.7 Å². The van der Waals surface area contributed by atoms with Crippen molar-refractivity contribution in [2.24, 2.45) is 43.8 Å². The number of benzene rings is 3. The number of ether oxygens (including phenoxy) is 3. The van der Waals surface area contributed by atoms with Gasteiger partial charge in [-0.25, -0.2) is 30.9 Å². The van der Waals surface area contributed by atoms with Crippen LogP contribution in [-0.4, -0.2) is 106 Å². The average molecular weight is 1240 g/mol. The molecule has 0 radical (unpaired) electrons. The van der Waals surface area contributed by atoms with Gasteiger partial charge in [-0.3, -0.25) is 10.4 Å². The van der Waals surface area contributed by atoms with Crippen LogP contribution in [0.3, 0.4) is 0 Å². The zero-order valence-corrected chi connectivity index (χ0v) is 53.7. The van der Waals surface area contributed by atoms with Gasteiger partial charge in [-0.1, -0.05) is 0 Å². The normalized spacial score (nSPS) is 15.3. The fraction of sp³-hybridized carbons (Fsp3) is 0.500. The Morgan fingerprint density at radius 1 is 0.598 bits per heavy atom. The molecule has 14 N–H and O–H groups in total. The third kappa shape index (κ3) is 16.8. The molecule has 28 heteroatoms. The molecule has 8 rings (SSSR count). The van der Waals surface area contributed by atoms with Crippen molar-refractivity contribution in [1.82, 2.24) is 24.3 Å². The summed E-state index contributed by atoms with van der Waals surface area (Å²) in [6.07, 6.45) is 9.83. The number of hydrogen-bond acceptors (Lipinski definition) is 16. The summed E-state index contributed by atoms with van der Waals surface area (Å²) >= 11 is 0. The van der Waals surface area contributed by atoms with Gasteiger partial charge in [0, 0.05) is 78.0 Å². The summed E-state index contributed by atoms with van der Waals surface area (Å²) in [6.45, 7) is 30.6. The second-order valence-electron chi connectivity index (χ2n) is 21.7. The Hall–Kier alpha value is -6.00. The lowest BCUT2D eigenvalue weighted by Crippen LogP contribution is -2.37. The summed E-state index contributed by atoms with van der Waals surface area (Å²) < 4.78 is 102. The van der Waals surface area contributed by atoms with Gasteiger partial charge in [-0.2, -0.15) is 18.6 Å². The van der Waals surface area contributed by atoms with Crippen molar-refractivity contribution in [2.75, 3.05) is 26.2 Å². The summed E-state index contributed by atoms with van der Waals surface area (Å²) in [6, 6.07) is 3.35. The van der Waals surface area contributed by atoms with Crippen molar-refractivity contribution in [3.05, 3.63) is 104 Å². The number of fused-ring (bicyclic) bond motifs is 3. The summed E-state index contributed by atoms with van der Waals surface area (Å²) in [7, 11) is -6.00. The van der Waals surface area contributed by atoms with Gasteiger partial charge in [0.2, 0.25) is 17.9 Å². The van der Waals surface area contributed by atoms with Crippen LogP contribution in [0.5, 0.6) is 17.2 Å². The molecule has 82 heavy (non-hydrogen) atoms. The number of aliphatic imine (C=N–C) groups is 1. The zero-order chi connectivity index (χ0) is 61.5. The molecule has 5 aromatic rings. The molecule has 0 saturated heterocycles. The lowest BCUT2D eigenvalue weighted by atomic mass is 9.94. The van der Waals surface area contributed by atoms with Crippen molar-refractivity contribution in [3.8, 4) is 17.2 Å². The Balaban J connectivity index is 0.000000291. The number of halogens is 2. The van der Waals surface area contributed by atoms with Gasteiger partial charge in [0.25, 0.3) is 29.1 Å². The van der Waals surface area contributed by atoms with E-state index in [1.807, 2.05) is 69.2 Å². The molecule has 0 aliphatic carbocycles. The number of rotatable bonds is 10. The predicted octanol–water partition coefficient (Wildman–Crippen LogP) is 5.93. The molecule has 0 bridgehead atoms. The van der Waals surface area contributed by atoms with Crippen LogP contribution in [0, 0.1) is 67.7 Å². The third-order valence-corrected chi connectivity index (χ3v) is 18.4. The average Bonchev–Trinajstić information content (AvgIpc) is 4.39. The second kappa shape index (κ2) is 27.6. The Kier molecular flexibility index (Phi) is 23.6. The van der Waals surface area contributed by atoms with Crippen LogP contribution in [0.15, 0.2) is 61.0 Å². The topological polar surface area (TPSA) is 382 Å². The molecule has 456 valence electrons. The number of aromatic nitrogens is 4. The summed E-state index contributed by atoms with van der Waals surface area (Å²) in [5.41, 5.74) is 40.5. The molecular formula is C54H84Cl2N14O9S3. The van der Waals surface area contributed by atoms with Gasteiger partial charge in [0.05, 0.1) is 14.7 Å². The minimum atomic E-state index is -3.98. The highest BCUT2D eigenvalue weighted by Gasteiger charge is 2.39. The Labute approximate surface area is 494 Å². The molecule has 3 aromatic carbocycles. The van der Waals surface area contributed by atoms with E-state index in [1.165, 1.54) is 15.6 Å². The molecule has 3 aliphatic rings. The third-order valence-electron chi connectivity index (χ3n) is 13.6. The lowest BCUT2D eigenvalue weighted by molar-refractivity contribution is 0.137. The highest BCUT2D eigenvalue weighted by molar-refractivity contribution is 8.13. The molecule has 0 spiro atoms. The van der Waals surface area contributed by atoms with Crippen molar-refractivity contribution >= 4 is 70.1 Å². The van der Waals surface area contributed by atoms with Crippen LogP contribution in [0.2, 0.25) is 0 Å². The first-order valence-electron chi connectivity index (χ1n) is 26.1. The monoisotopic (exact) mass is 1240 g/mol. The first kappa shape index (κ1) is 70.3. The van der Waals surface area contributed by atoms with E-state index in [0.29, 0.717) is 72.2 Å². The molecule has 0 saturated carbocycles. The van der Waals surface area contributed by atoms with Crippen molar-refractivity contribution < 1.29 is 39.5 Å². The lowest BCUT2D eigenvalue weighted by Gasteiger charge is -2.19. The fourth-order valence-corrected chi connectivity index (χ4v) is 14.2. The van der Waals surface area contributed by atoms with Crippen LogP contribution in [0.25, 0.3) is 0 Å². The molecular weight excluding hydrogens is 1160 g/mol. The molecule has 3 aliphatic heterocycles. The predicted molar refractivity (Wildman–Crippen MR) is 327 cm³/mol. The maximum Gasteiger partial charge on any atom is 0.286 e. The van der Waals surface area contributed by atoms with Gasteiger partial charge in [0.15, 0.2) is 0 Å². The minimum absolute atomic E-state index is 0. The largest absolute Gasteiger partial charge is 0.487 e. The first-order valence-corrected chi connectivity index (χ1v) is 31.3. The van der Waals surface area contributed by atoms with Gasteiger partial charge in [0.1, 0.15) is 34.1 Å². The number of nitrogens with one attached hydrogen (secondary N) is 2. The maximum absolute atomic E-state index is 12.9. The first-order chi connectivity index (χ1) is 37.3. The van der Waals surface area contributed by atoms with Crippen molar-refractivity contribution in [2.45, 2.75) is 167 Å². The van der Waals surface area contributed by atoms with Crippen LogP contribution >= 0.6 is 23.1 Å². The second-order valence-corrected chi connectivity index (χ2v) is 27.4. The molecule has 2 aromatic heterocycles. The Morgan fingerprint density at radius 3 is 1.30 bits per heavy atom. The van der Waals surface area contributed by atoms with Crippen molar-refractivity contribution in [3.63, 3.8) is 0 Å². The summed E-state index contributed by atoms with van der Waals surface area (Å²) in [5.74, 6) is 2.01. The standard InChI is InChI=1S/C17H22N4O3S.C17H28N4O3S.C13H17ClO3S.C4H6N4.C3H10N2.ClH/c1-10-11(2)15(12(3)13-9-17(4,5)24-14(10)13)25(22,23)20-16(18)21-8-6-7-19-21;1-10-11(2)15(12(3)13-9-17(4,5)24-14(10)13)25(22,23)21-16(19)20-8-6-7-18;1-7-8(2)12(18(14,15)16)9(3)10-6-13(4,5)17-11(7)10;5-4(6)8-3-1-2-7-8;4-2-1-3-5;/h6-8H,9H2,1-5H3,(H2,18,20);6-9,18H2,1-5H3,(H3,19,20,21);6H2,1-5H3;1-3H,(H3,5,6);1-5H2;1H. The molecule has 0 fully saturated rings. The smallest absolute Gasteiger partial charge is 0.286 e. The number of nitrogens with zero attached hydrogens (tertiary/aromatic N) is 6. The fourth-order valence-electron chi connectivity index (χ4n) is 9.55. The van der Waals surface area contributed by atoms with Crippen molar-refractivity contribution in [1.29, 1.82) is 5.41 Å². The number of nitrogen functional groups attached to an aromatic ring is 1. The quantitative estimate of drug-likeness (QED) is 0.0347. The summed E-state index contributed by atoms with van der Waals surface area (Å²) in [5, 5.41) is 14.4. The SMILES string of the molecule is Cc1c(C)c(S(=O)(=O)Cl)c(C)c2c1OC(C)(C)C2.Cc1c(C)c(S(=O)(=O)N=C(N)n2cccn2)c(C)c2c1OC(C)(C)C2.Cc1c(C)c(S(=O)(=O)NC(N)=NCCCN)c(C)c2c1OC(C)(C)C2.Cl.N=C(N)n1cccn1.NCCCN. The van der Waals surface area contributed by atoms with E-state index in [1.54, 1.807) is 65.3 Å². The van der Waals surface area contributed by atoms with E-state index >= 15 is 0 Å². The molecule has 23 nitrogen and oxygen atoms in total. The number of guanidine groups is 1. The van der Waals surface area contributed by atoms with E-state index in [0.717, 1.165) is 70.1 Å². The zero-order valence-electron chi connectivity index (χ0n) is 49.7. The van der Waals surface area contributed by atoms with E-state index in [-0.39, 0.29) is 61.8 Å². The Bertz CT molecular complexity index is 3530. The van der Waals surface area contributed by atoms with E-state index in [9.17, 15) is 25.3 Å². The number of nitrogens with two attached hydrogens (primary N) is 6. The molecule has 0 unspecified atom stereocenters. The van der Waals surface area contributed by atoms with Gasteiger partial charge < -0.3 is 48.6 Å². The van der Waals surface area contributed by atoms with E-state index in [2.05, 4.69) is 24.3 Å². The Morgan fingerprint density at radius 2 is 0.963 bits per heavy atom. The van der Waals surface area contributed by atoms with Crippen LogP contribution in [0.4, 0.5) is 0 Å². The molecule has 0 amide bonds. The van der Waals surface area contributed by atoms with Crippen LogP contribution in [-0.2, 0) is 48.4 Å². The van der Waals surface area contributed by atoms with E-state index < -0.39 is 29.1 Å². The molecule has 0 atom stereocenters. The summed E-state index contributed by atoms with van der Waals surface area (Å²) in [4.78, 5) is 4.69. The van der Waals surface area contributed by atoms with Crippen LogP contribution < -0.4 is 53.3 Å². The number of hydrogen-bond donors (Lipinski definition) is 8. The minimum Gasteiger partial charge on any atom is -0.487 e. The van der Waals surface area contributed by atoms with Gasteiger partial charge in [-0.05, 0) is 199 Å². The number of sulfonamides is 2. The highest BCUT2D eigenvalue weighted by Crippen LogP contribution is 2.47. The maximum atomic E-state index is 12.9. The van der Waals surface area contributed by atoms with Crippen LogP contribution in [0.1, 0.15) is 121 Å².